The van der Waals surface area contributed by atoms with Crippen molar-refractivity contribution in [2.75, 3.05) is 6.54 Å². The Balaban J connectivity index is 2.43. The largest absolute Gasteiger partial charge is 0.391 e. The number of aliphatic hydroxyl groups is 1. The summed E-state index contributed by atoms with van der Waals surface area (Å²) in [5.41, 5.74) is 1.84. The second-order valence-electron chi connectivity index (χ2n) is 5.93. The van der Waals surface area contributed by atoms with Crippen LogP contribution in [0.5, 0.6) is 0 Å². The van der Waals surface area contributed by atoms with E-state index in [4.69, 9.17) is 4.52 Å². The minimum Gasteiger partial charge on any atom is -0.391 e. The number of carbonyl (C=O) groups is 1. The molecule has 0 radical (unpaired) electrons. The molecule has 2 atom stereocenters. The van der Waals surface area contributed by atoms with Gasteiger partial charge in [-0.15, -0.1) is 0 Å². The Morgan fingerprint density at radius 3 is 2.50 bits per heavy atom. The van der Waals surface area contributed by atoms with Crippen molar-refractivity contribution >= 4 is 5.91 Å². The molecule has 0 bridgehead atoms. The van der Waals surface area contributed by atoms with Gasteiger partial charge >= 0.3 is 0 Å². The highest BCUT2D eigenvalue weighted by atomic mass is 16.5. The minimum atomic E-state index is -0.478. The fourth-order valence-electron chi connectivity index (χ4n) is 2.51. The topological polar surface area (TPSA) is 75.4 Å². The van der Waals surface area contributed by atoms with Crippen LogP contribution >= 0.6 is 0 Å². The highest BCUT2D eigenvalue weighted by Gasteiger charge is 2.19. The fourth-order valence-corrected chi connectivity index (χ4v) is 2.51. The number of hydrogen-bond donors (Lipinski definition) is 2. The van der Waals surface area contributed by atoms with Gasteiger partial charge in [0, 0.05) is 18.5 Å². The smallest absolute Gasteiger partial charge is 0.220 e. The number of aryl methyl sites for hydroxylation is 2. The van der Waals surface area contributed by atoms with E-state index in [0.29, 0.717) is 25.3 Å². The number of amides is 1. The van der Waals surface area contributed by atoms with Gasteiger partial charge < -0.3 is 14.9 Å². The van der Waals surface area contributed by atoms with E-state index < -0.39 is 6.10 Å². The molecule has 2 unspecified atom stereocenters. The van der Waals surface area contributed by atoms with Crippen LogP contribution in [0.3, 0.4) is 0 Å². The lowest BCUT2D eigenvalue weighted by atomic mass is 9.96. The van der Waals surface area contributed by atoms with Crippen molar-refractivity contribution in [1.82, 2.24) is 10.5 Å². The summed E-state index contributed by atoms with van der Waals surface area (Å²) in [6, 6.07) is 0. The zero-order valence-electron chi connectivity index (χ0n) is 13.1. The van der Waals surface area contributed by atoms with Crippen LogP contribution in [0.4, 0.5) is 0 Å². The molecule has 20 heavy (non-hydrogen) atoms. The van der Waals surface area contributed by atoms with Gasteiger partial charge in [-0.25, -0.2) is 0 Å². The van der Waals surface area contributed by atoms with E-state index in [-0.39, 0.29) is 11.8 Å². The molecule has 0 saturated heterocycles. The Hall–Kier alpha value is -1.36. The van der Waals surface area contributed by atoms with Crippen molar-refractivity contribution in [3.8, 4) is 0 Å². The summed E-state index contributed by atoms with van der Waals surface area (Å²) in [5.74, 6) is 1.19. The number of hydrogen-bond acceptors (Lipinski definition) is 4. The lowest BCUT2D eigenvalue weighted by Gasteiger charge is -2.15. The van der Waals surface area contributed by atoms with Gasteiger partial charge in [0.15, 0.2) is 0 Å². The number of aromatic nitrogens is 1. The van der Waals surface area contributed by atoms with Crippen LogP contribution < -0.4 is 5.32 Å². The summed E-state index contributed by atoms with van der Waals surface area (Å²) < 4.78 is 5.12. The van der Waals surface area contributed by atoms with Gasteiger partial charge in [0.05, 0.1) is 11.8 Å². The van der Waals surface area contributed by atoms with Crippen LogP contribution in [0, 0.1) is 19.8 Å². The average molecular weight is 282 g/mol. The first-order chi connectivity index (χ1) is 9.31. The first kappa shape index (κ1) is 16.7. The Labute approximate surface area is 120 Å². The molecule has 1 amide bonds. The molecular formula is C15H26N2O3. The molecule has 0 spiro atoms. The molecule has 0 saturated carbocycles. The van der Waals surface area contributed by atoms with E-state index in [1.54, 1.807) is 0 Å². The van der Waals surface area contributed by atoms with E-state index in [1.165, 1.54) is 0 Å². The normalized spacial score (nSPS) is 14.3. The molecule has 5 heteroatoms. The van der Waals surface area contributed by atoms with E-state index in [1.807, 2.05) is 34.6 Å². The Kier molecular flexibility index (Phi) is 6.20. The van der Waals surface area contributed by atoms with Crippen LogP contribution in [-0.2, 0) is 4.79 Å². The van der Waals surface area contributed by atoms with Crippen molar-refractivity contribution in [3.63, 3.8) is 0 Å². The zero-order chi connectivity index (χ0) is 15.3. The third kappa shape index (κ3) is 4.96. The van der Waals surface area contributed by atoms with Crippen molar-refractivity contribution in [1.29, 1.82) is 0 Å². The maximum atomic E-state index is 11.9. The van der Waals surface area contributed by atoms with E-state index in [9.17, 15) is 9.90 Å². The predicted octanol–water partition coefficient (Wildman–Crippen LogP) is 2.31. The van der Waals surface area contributed by atoms with Gasteiger partial charge in [0.25, 0.3) is 0 Å². The third-order valence-corrected chi connectivity index (χ3v) is 3.35. The Bertz CT molecular complexity index is 421. The average Bonchev–Trinajstić information content (AvgIpc) is 2.65. The van der Waals surface area contributed by atoms with Crippen LogP contribution in [0.1, 0.15) is 56.5 Å². The number of rotatable bonds is 7. The van der Waals surface area contributed by atoms with Gasteiger partial charge in [0.2, 0.25) is 5.91 Å². The summed E-state index contributed by atoms with van der Waals surface area (Å²) >= 11 is 0. The minimum absolute atomic E-state index is 0.0553. The maximum Gasteiger partial charge on any atom is 0.220 e. The van der Waals surface area contributed by atoms with E-state index in [2.05, 4.69) is 10.5 Å². The van der Waals surface area contributed by atoms with Gasteiger partial charge in [-0.2, -0.15) is 0 Å². The molecule has 2 N–H and O–H groups in total. The highest BCUT2D eigenvalue weighted by molar-refractivity contribution is 5.76. The lowest BCUT2D eigenvalue weighted by Crippen LogP contribution is -2.33. The predicted molar refractivity (Wildman–Crippen MR) is 77.5 cm³/mol. The number of nitrogens with one attached hydrogen (secondary N) is 1. The molecule has 0 aliphatic carbocycles. The first-order valence-electron chi connectivity index (χ1n) is 7.18. The highest BCUT2D eigenvalue weighted by Crippen LogP contribution is 2.25. The van der Waals surface area contributed by atoms with Crippen molar-refractivity contribution in [2.45, 2.75) is 59.5 Å². The third-order valence-electron chi connectivity index (χ3n) is 3.35. The fraction of sp³-hybridized carbons (Fsp3) is 0.733. The summed E-state index contributed by atoms with van der Waals surface area (Å²) in [4.78, 5) is 11.9. The van der Waals surface area contributed by atoms with Crippen LogP contribution in [0.25, 0.3) is 0 Å². The molecule has 0 aromatic carbocycles. The van der Waals surface area contributed by atoms with E-state index in [0.717, 1.165) is 17.0 Å². The molecule has 1 heterocycles. The molecule has 1 rings (SSSR count). The quantitative estimate of drug-likeness (QED) is 0.804. The summed E-state index contributed by atoms with van der Waals surface area (Å²) in [6.07, 6.45) is 0.588. The second-order valence-corrected chi connectivity index (χ2v) is 5.93. The zero-order valence-corrected chi connectivity index (χ0v) is 13.1. The Morgan fingerprint density at radius 2 is 2.00 bits per heavy atom. The van der Waals surface area contributed by atoms with Gasteiger partial charge in [-0.1, -0.05) is 25.9 Å². The molecule has 0 aliphatic rings. The number of aliphatic hydroxyl groups excluding tert-OH is 1. The molecule has 0 fully saturated rings. The van der Waals surface area contributed by atoms with Crippen molar-refractivity contribution in [2.24, 2.45) is 5.92 Å². The summed E-state index contributed by atoms with van der Waals surface area (Å²) in [6.45, 7) is 10.1. The lowest BCUT2D eigenvalue weighted by molar-refractivity contribution is -0.121. The second kappa shape index (κ2) is 7.43. The summed E-state index contributed by atoms with van der Waals surface area (Å²) in [7, 11) is 0. The van der Waals surface area contributed by atoms with Gasteiger partial charge in [0.1, 0.15) is 5.76 Å². The molecule has 5 nitrogen and oxygen atoms in total. The molecule has 0 aliphatic heterocycles. The van der Waals surface area contributed by atoms with Crippen molar-refractivity contribution in [3.05, 3.63) is 17.0 Å². The number of carbonyl (C=O) groups excluding carboxylic acids is 1. The molecule has 1 aromatic rings. The van der Waals surface area contributed by atoms with Crippen molar-refractivity contribution < 1.29 is 14.4 Å². The summed E-state index contributed by atoms with van der Waals surface area (Å²) in [5, 5.41) is 16.4. The van der Waals surface area contributed by atoms with E-state index >= 15 is 0 Å². The Morgan fingerprint density at radius 1 is 1.35 bits per heavy atom. The van der Waals surface area contributed by atoms with Crippen LogP contribution in [-0.4, -0.2) is 28.8 Å². The standard InChI is InChI=1S/C15H26N2O3/c1-9(2)6-13(18)8-16-14(19)7-10(3)15-11(4)17-20-12(15)5/h9-10,13,18H,6-8H2,1-5H3,(H,16,19). The van der Waals surface area contributed by atoms with Crippen LogP contribution in [0.2, 0.25) is 0 Å². The SMILES string of the molecule is Cc1noc(C)c1C(C)CC(=O)NCC(O)CC(C)C. The maximum absolute atomic E-state index is 11.9. The molecular weight excluding hydrogens is 256 g/mol. The molecule has 1 aromatic heterocycles. The number of nitrogens with zero attached hydrogens (tertiary/aromatic N) is 1. The van der Waals surface area contributed by atoms with Gasteiger partial charge in [-0.05, 0) is 32.1 Å². The monoisotopic (exact) mass is 282 g/mol. The first-order valence-corrected chi connectivity index (χ1v) is 7.18. The molecule has 114 valence electrons. The van der Waals surface area contributed by atoms with Crippen LogP contribution in [0.15, 0.2) is 4.52 Å². The van der Waals surface area contributed by atoms with Gasteiger partial charge in [-0.3, -0.25) is 4.79 Å².